The Kier molecular flexibility index (Phi) is 5.51. The molecule has 2 heterocycles. The average molecular weight is 401 g/mol. The molecule has 0 spiro atoms. The second kappa shape index (κ2) is 7.71. The standard InChI is InChI=1S/C20H24N4O3S/c1-20(2,3)27-19(26)23-8-6-13(7-9-23)14-4-5-16-15(10-14)12-22-24(16)18(28)11-17(21)25/h4-6,10-12,28H,7-9H2,1-3H3,(H2,21,25)/b18-11-. The van der Waals surface area contributed by atoms with E-state index in [1.807, 2.05) is 39.0 Å². The Hall–Kier alpha value is -2.74. The maximum absolute atomic E-state index is 12.2. The van der Waals surface area contributed by atoms with Crippen LogP contribution < -0.4 is 5.73 Å². The summed E-state index contributed by atoms with van der Waals surface area (Å²) in [5.74, 6) is -0.577. The molecule has 28 heavy (non-hydrogen) atoms. The Balaban J connectivity index is 1.78. The Bertz CT molecular complexity index is 985. The van der Waals surface area contributed by atoms with Crippen LogP contribution in [0.5, 0.6) is 0 Å². The molecule has 1 aliphatic rings. The van der Waals surface area contributed by atoms with Gasteiger partial charge in [-0.05, 0) is 50.5 Å². The first kappa shape index (κ1) is 20.0. The predicted octanol–water partition coefficient (Wildman–Crippen LogP) is 3.27. The molecule has 0 atom stereocenters. The highest BCUT2D eigenvalue weighted by molar-refractivity contribution is 7.90. The van der Waals surface area contributed by atoms with Gasteiger partial charge in [0.05, 0.1) is 11.7 Å². The highest BCUT2D eigenvalue weighted by Crippen LogP contribution is 2.27. The van der Waals surface area contributed by atoms with Crippen LogP contribution >= 0.6 is 12.6 Å². The van der Waals surface area contributed by atoms with Gasteiger partial charge in [-0.1, -0.05) is 12.1 Å². The Morgan fingerprint density at radius 2 is 2.07 bits per heavy atom. The van der Waals surface area contributed by atoms with Gasteiger partial charge in [0.1, 0.15) is 10.6 Å². The fourth-order valence-corrected chi connectivity index (χ4v) is 3.31. The molecular weight excluding hydrogens is 376 g/mol. The molecule has 2 aromatic rings. The van der Waals surface area contributed by atoms with Crippen LogP contribution in [0, 0.1) is 0 Å². The van der Waals surface area contributed by atoms with Gasteiger partial charge < -0.3 is 15.4 Å². The van der Waals surface area contributed by atoms with Gasteiger partial charge in [0.15, 0.2) is 0 Å². The van der Waals surface area contributed by atoms with E-state index in [-0.39, 0.29) is 6.09 Å². The lowest BCUT2D eigenvalue weighted by atomic mass is 9.98. The molecule has 1 aliphatic heterocycles. The molecule has 0 saturated carbocycles. The number of carbonyl (C=O) groups is 2. The number of carbonyl (C=O) groups excluding carboxylic acids is 2. The number of benzene rings is 1. The summed E-state index contributed by atoms with van der Waals surface area (Å²) in [6.45, 7) is 6.71. The van der Waals surface area contributed by atoms with Gasteiger partial charge in [0.25, 0.3) is 0 Å². The molecule has 2 N–H and O–H groups in total. The van der Waals surface area contributed by atoms with Crippen LogP contribution in [-0.4, -0.2) is 45.4 Å². The van der Waals surface area contributed by atoms with Gasteiger partial charge in [-0.15, -0.1) is 12.6 Å². The Labute approximate surface area is 169 Å². The Morgan fingerprint density at radius 3 is 2.68 bits per heavy atom. The van der Waals surface area contributed by atoms with Gasteiger partial charge in [-0.25, -0.2) is 9.48 Å². The number of primary amides is 1. The van der Waals surface area contributed by atoms with Crippen molar-refractivity contribution >= 4 is 46.1 Å². The van der Waals surface area contributed by atoms with E-state index >= 15 is 0 Å². The first-order chi connectivity index (χ1) is 13.1. The van der Waals surface area contributed by atoms with Crippen LogP contribution in [0.3, 0.4) is 0 Å². The minimum absolute atomic E-state index is 0.290. The molecule has 0 bridgehead atoms. The summed E-state index contributed by atoms with van der Waals surface area (Å²) >= 11 is 4.29. The normalized spacial score (nSPS) is 15.5. The van der Waals surface area contributed by atoms with Gasteiger partial charge >= 0.3 is 6.09 Å². The third kappa shape index (κ3) is 4.56. The summed E-state index contributed by atoms with van der Waals surface area (Å²) in [7, 11) is 0. The van der Waals surface area contributed by atoms with Crippen LogP contribution in [0.25, 0.3) is 21.5 Å². The molecule has 0 saturated heterocycles. The fourth-order valence-electron chi connectivity index (χ4n) is 3.03. The summed E-state index contributed by atoms with van der Waals surface area (Å²) in [5, 5.41) is 5.57. The van der Waals surface area contributed by atoms with Gasteiger partial charge in [-0.3, -0.25) is 4.79 Å². The number of nitrogens with zero attached hydrogens (tertiary/aromatic N) is 3. The van der Waals surface area contributed by atoms with E-state index in [0.717, 1.165) is 22.9 Å². The molecule has 0 unspecified atom stereocenters. The molecule has 1 aromatic heterocycles. The fraction of sp³-hybridized carbons (Fsp3) is 0.350. The zero-order chi connectivity index (χ0) is 20.5. The van der Waals surface area contributed by atoms with Crippen LogP contribution in [-0.2, 0) is 9.53 Å². The highest BCUT2D eigenvalue weighted by atomic mass is 32.1. The first-order valence-electron chi connectivity index (χ1n) is 8.99. The van der Waals surface area contributed by atoms with E-state index in [9.17, 15) is 9.59 Å². The summed E-state index contributed by atoms with van der Waals surface area (Å²) in [5.41, 5.74) is 7.77. The number of nitrogens with two attached hydrogens (primary N) is 1. The van der Waals surface area contributed by atoms with Crippen molar-refractivity contribution in [3.63, 3.8) is 0 Å². The number of hydrogen-bond donors (Lipinski definition) is 2. The molecule has 0 radical (unpaired) electrons. The van der Waals surface area contributed by atoms with Crippen LogP contribution in [0.1, 0.15) is 32.8 Å². The number of fused-ring (bicyclic) bond motifs is 1. The first-order valence-corrected chi connectivity index (χ1v) is 9.44. The van der Waals surface area contributed by atoms with Crippen LogP contribution in [0.2, 0.25) is 0 Å². The molecule has 0 aliphatic carbocycles. The molecular formula is C20H24N4O3S. The van der Waals surface area contributed by atoms with Crippen molar-refractivity contribution in [1.29, 1.82) is 0 Å². The van der Waals surface area contributed by atoms with Crippen molar-refractivity contribution in [2.24, 2.45) is 5.73 Å². The number of hydrogen-bond acceptors (Lipinski definition) is 5. The molecule has 0 fully saturated rings. The van der Waals surface area contributed by atoms with Crippen molar-refractivity contribution in [2.45, 2.75) is 32.8 Å². The topological polar surface area (TPSA) is 90.4 Å². The molecule has 148 valence electrons. The van der Waals surface area contributed by atoms with Crippen molar-refractivity contribution in [2.75, 3.05) is 13.1 Å². The summed E-state index contributed by atoms with van der Waals surface area (Å²) in [6.07, 6.45) is 5.45. The average Bonchev–Trinajstić information content (AvgIpc) is 3.03. The highest BCUT2D eigenvalue weighted by Gasteiger charge is 2.24. The Morgan fingerprint density at radius 1 is 1.32 bits per heavy atom. The van der Waals surface area contributed by atoms with Crippen molar-refractivity contribution in [3.05, 3.63) is 42.1 Å². The third-order valence-corrected chi connectivity index (χ3v) is 4.61. The van der Waals surface area contributed by atoms with Crippen molar-refractivity contribution in [3.8, 4) is 0 Å². The zero-order valence-electron chi connectivity index (χ0n) is 16.2. The van der Waals surface area contributed by atoms with Crippen molar-refractivity contribution in [1.82, 2.24) is 14.7 Å². The minimum atomic E-state index is -0.577. The second-order valence-corrected chi connectivity index (χ2v) is 8.10. The lowest BCUT2D eigenvalue weighted by molar-refractivity contribution is -0.113. The number of rotatable bonds is 3. The zero-order valence-corrected chi connectivity index (χ0v) is 17.1. The van der Waals surface area contributed by atoms with Gasteiger partial charge in [0.2, 0.25) is 5.91 Å². The van der Waals surface area contributed by atoms with Crippen molar-refractivity contribution < 1.29 is 14.3 Å². The SMILES string of the molecule is CC(C)(C)OC(=O)N1CC=C(c2ccc3c(cnn3/C(S)=C/C(N)=O)c2)CC1. The molecule has 2 amide bonds. The minimum Gasteiger partial charge on any atom is -0.444 e. The number of ether oxygens (including phenoxy) is 1. The van der Waals surface area contributed by atoms with E-state index in [1.165, 1.54) is 11.6 Å². The largest absolute Gasteiger partial charge is 0.444 e. The van der Waals surface area contributed by atoms with E-state index in [2.05, 4.69) is 23.8 Å². The lowest BCUT2D eigenvalue weighted by Crippen LogP contribution is -2.39. The third-order valence-electron chi connectivity index (χ3n) is 4.29. The van der Waals surface area contributed by atoms with E-state index in [1.54, 1.807) is 15.8 Å². The predicted molar refractivity (Wildman–Crippen MR) is 113 cm³/mol. The smallest absolute Gasteiger partial charge is 0.410 e. The molecule has 7 nitrogen and oxygen atoms in total. The van der Waals surface area contributed by atoms with E-state index < -0.39 is 11.5 Å². The molecule has 8 heteroatoms. The lowest BCUT2D eigenvalue weighted by Gasteiger charge is -2.29. The second-order valence-electron chi connectivity index (χ2n) is 7.64. The maximum atomic E-state index is 12.2. The summed E-state index contributed by atoms with van der Waals surface area (Å²) < 4.78 is 6.99. The van der Waals surface area contributed by atoms with Gasteiger partial charge in [0, 0.05) is 24.6 Å². The van der Waals surface area contributed by atoms with E-state index in [0.29, 0.717) is 18.1 Å². The quantitative estimate of drug-likeness (QED) is 0.611. The maximum Gasteiger partial charge on any atom is 0.410 e. The molecule has 3 rings (SSSR count). The van der Waals surface area contributed by atoms with E-state index in [4.69, 9.17) is 10.5 Å². The molecule has 1 aromatic carbocycles. The monoisotopic (exact) mass is 400 g/mol. The number of aromatic nitrogens is 2. The van der Waals surface area contributed by atoms with Crippen LogP contribution in [0.15, 0.2) is 36.5 Å². The summed E-state index contributed by atoms with van der Waals surface area (Å²) in [6, 6.07) is 5.98. The number of amides is 2. The van der Waals surface area contributed by atoms with Gasteiger partial charge in [-0.2, -0.15) is 5.10 Å². The van der Waals surface area contributed by atoms with Crippen LogP contribution in [0.4, 0.5) is 4.79 Å². The number of thiol groups is 1. The summed E-state index contributed by atoms with van der Waals surface area (Å²) in [4.78, 5) is 25.0.